The van der Waals surface area contributed by atoms with Crippen molar-refractivity contribution in [3.05, 3.63) is 12.3 Å². The first-order valence-corrected chi connectivity index (χ1v) is 5.89. The minimum Gasteiger partial charge on any atom is -0.444 e. The second-order valence-electron chi connectivity index (χ2n) is 5.49. The van der Waals surface area contributed by atoms with Crippen LogP contribution >= 0.6 is 0 Å². The van der Waals surface area contributed by atoms with Crippen molar-refractivity contribution in [3.63, 3.8) is 0 Å². The molecule has 104 valence electrons. The van der Waals surface area contributed by atoms with Crippen molar-refractivity contribution in [1.82, 2.24) is 5.32 Å². The normalized spacial score (nSPS) is 12.8. The van der Waals surface area contributed by atoms with Crippen LogP contribution in [0.1, 0.15) is 41.5 Å². The number of nitrogens with one attached hydrogen (secondary N) is 1. The first kappa shape index (κ1) is 16.5. The van der Waals surface area contributed by atoms with Crippen molar-refractivity contribution < 1.29 is 19.1 Å². The van der Waals surface area contributed by atoms with E-state index < -0.39 is 23.7 Å². The first-order valence-electron chi connectivity index (χ1n) is 5.89. The van der Waals surface area contributed by atoms with Crippen molar-refractivity contribution in [3.8, 4) is 0 Å². The average Bonchev–Trinajstić information content (AvgIpc) is 2.09. The molecule has 0 aliphatic heterocycles. The van der Waals surface area contributed by atoms with Gasteiger partial charge in [0.15, 0.2) is 0 Å². The van der Waals surface area contributed by atoms with Gasteiger partial charge in [0.25, 0.3) is 0 Å². The van der Waals surface area contributed by atoms with Crippen LogP contribution < -0.4 is 5.32 Å². The minimum atomic E-state index is -0.753. The van der Waals surface area contributed by atoms with E-state index >= 15 is 0 Å². The van der Waals surface area contributed by atoms with Gasteiger partial charge < -0.3 is 14.8 Å². The fourth-order valence-electron chi connectivity index (χ4n) is 1.17. The maximum Gasteiger partial charge on any atom is 0.408 e. The zero-order valence-electron chi connectivity index (χ0n) is 12.0. The van der Waals surface area contributed by atoms with Gasteiger partial charge in [-0.05, 0) is 33.6 Å². The van der Waals surface area contributed by atoms with Crippen LogP contribution in [0.2, 0.25) is 0 Å². The molecule has 1 N–H and O–H groups in total. The Morgan fingerprint density at radius 2 is 1.72 bits per heavy atom. The summed E-state index contributed by atoms with van der Waals surface area (Å²) in [6.45, 7) is 13.9. The Balaban J connectivity index is 4.59. The average molecular weight is 257 g/mol. The molecule has 18 heavy (non-hydrogen) atoms. The van der Waals surface area contributed by atoms with Gasteiger partial charge in [0.1, 0.15) is 11.6 Å². The number of alkyl carbamates (subject to hydrolysis) is 1. The summed E-state index contributed by atoms with van der Waals surface area (Å²) < 4.78 is 9.99. The summed E-state index contributed by atoms with van der Waals surface area (Å²) >= 11 is 0. The Morgan fingerprint density at radius 3 is 2.06 bits per heavy atom. The van der Waals surface area contributed by atoms with E-state index in [1.54, 1.807) is 27.7 Å². The van der Waals surface area contributed by atoms with Crippen molar-refractivity contribution >= 4 is 12.1 Å². The van der Waals surface area contributed by atoms with Crippen molar-refractivity contribution in [2.75, 3.05) is 0 Å². The fraction of sp³-hybridized carbons (Fsp3) is 0.692. The van der Waals surface area contributed by atoms with E-state index in [1.807, 2.05) is 13.8 Å². The van der Waals surface area contributed by atoms with E-state index in [0.29, 0.717) is 0 Å². The number of allylic oxidation sites excluding steroid dienone is 1. The maximum absolute atomic E-state index is 11.7. The number of carbonyl (C=O) groups is 2. The SMILES string of the molecule is C=C(C)OC(=O)[C@@H](NC(=O)OC(C)(C)C)C(C)C. The van der Waals surface area contributed by atoms with Gasteiger partial charge in [0.2, 0.25) is 0 Å². The standard InChI is InChI=1S/C13H23NO4/c1-8(2)10(11(15)17-9(3)4)14-12(16)18-13(5,6)7/h8,10H,3H2,1-2,4-7H3,(H,14,16)/t10-/m0/s1. The quantitative estimate of drug-likeness (QED) is 0.621. The van der Waals surface area contributed by atoms with E-state index in [4.69, 9.17) is 9.47 Å². The molecular formula is C13H23NO4. The third kappa shape index (κ3) is 6.93. The molecule has 5 heteroatoms. The van der Waals surface area contributed by atoms with Gasteiger partial charge in [0.05, 0.1) is 5.76 Å². The Kier molecular flexibility index (Phi) is 5.88. The minimum absolute atomic E-state index is 0.107. The lowest BCUT2D eigenvalue weighted by Crippen LogP contribution is -2.47. The third-order valence-electron chi connectivity index (χ3n) is 1.87. The Hall–Kier alpha value is -1.52. The lowest BCUT2D eigenvalue weighted by molar-refractivity contribution is -0.143. The molecule has 0 aliphatic rings. The van der Waals surface area contributed by atoms with Gasteiger partial charge >= 0.3 is 12.1 Å². The second kappa shape index (κ2) is 6.42. The molecule has 5 nitrogen and oxygen atoms in total. The monoisotopic (exact) mass is 257 g/mol. The van der Waals surface area contributed by atoms with E-state index in [-0.39, 0.29) is 11.7 Å². The molecule has 0 aromatic heterocycles. The highest BCUT2D eigenvalue weighted by molar-refractivity contribution is 5.82. The summed E-state index contributed by atoms with van der Waals surface area (Å²) in [6.07, 6.45) is -0.639. The van der Waals surface area contributed by atoms with Crippen LogP contribution in [-0.2, 0) is 14.3 Å². The molecule has 0 aliphatic carbocycles. The number of rotatable bonds is 4. The summed E-state index contributed by atoms with van der Waals surface area (Å²) in [5.74, 6) is -0.357. The Bertz CT molecular complexity index is 328. The number of carbonyl (C=O) groups excluding carboxylic acids is 2. The van der Waals surface area contributed by atoms with Crippen LogP contribution in [0.25, 0.3) is 0 Å². The predicted molar refractivity (Wildman–Crippen MR) is 68.9 cm³/mol. The van der Waals surface area contributed by atoms with Crippen LogP contribution in [-0.4, -0.2) is 23.7 Å². The summed E-state index contributed by atoms with van der Waals surface area (Å²) in [4.78, 5) is 23.3. The predicted octanol–water partition coefficient (Wildman–Crippen LogP) is 2.61. The molecule has 0 rings (SSSR count). The van der Waals surface area contributed by atoms with Crippen LogP contribution in [0.3, 0.4) is 0 Å². The fourth-order valence-corrected chi connectivity index (χ4v) is 1.17. The highest BCUT2D eigenvalue weighted by Crippen LogP contribution is 2.10. The summed E-state index contributed by atoms with van der Waals surface area (Å²) in [5.41, 5.74) is -0.607. The number of esters is 1. The van der Waals surface area contributed by atoms with Gasteiger partial charge in [-0.15, -0.1) is 0 Å². The van der Waals surface area contributed by atoms with Crippen molar-refractivity contribution in [2.45, 2.75) is 53.2 Å². The topological polar surface area (TPSA) is 64.6 Å². The van der Waals surface area contributed by atoms with Crippen LogP contribution in [0.4, 0.5) is 4.79 Å². The van der Waals surface area contributed by atoms with Crippen LogP contribution in [0, 0.1) is 5.92 Å². The second-order valence-corrected chi connectivity index (χ2v) is 5.49. The molecule has 0 radical (unpaired) electrons. The number of ether oxygens (including phenoxy) is 2. The lowest BCUT2D eigenvalue weighted by atomic mass is 10.1. The van der Waals surface area contributed by atoms with E-state index in [9.17, 15) is 9.59 Å². The van der Waals surface area contributed by atoms with Crippen LogP contribution in [0.15, 0.2) is 12.3 Å². The zero-order valence-corrected chi connectivity index (χ0v) is 12.0. The molecule has 0 aromatic carbocycles. The molecule has 0 fully saturated rings. The molecule has 0 spiro atoms. The Labute approximate surface area is 109 Å². The molecule has 1 amide bonds. The number of hydrogen-bond donors (Lipinski definition) is 1. The molecule has 0 unspecified atom stereocenters. The van der Waals surface area contributed by atoms with Gasteiger partial charge in [-0.3, -0.25) is 0 Å². The molecule has 0 saturated heterocycles. The van der Waals surface area contributed by atoms with Gasteiger partial charge in [-0.25, -0.2) is 9.59 Å². The van der Waals surface area contributed by atoms with Crippen LogP contribution in [0.5, 0.6) is 0 Å². The molecule has 0 heterocycles. The molecular weight excluding hydrogens is 234 g/mol. The molecule has 0 saturated carbocycles. The highest BCUT2D eigenvalue weighted by atomic mass is 16.6. The zero-order chi connectivity index (χ0) is 14.5. The van der Waals surface area contributed by atoms with Gasteiger partial charge in [-0.1, -0.05) is 20.4 Å². The summed E-state index contributed by atoms with van der Waals surface area (Å²) in [6, 6.07) is -0.753. The maximum atomic E-state index is 11.7. The molecule has 0 aromatic rings. The Morgan fingerprint density at radius 1 is 1.22 bits per heavy atom. The summed E-state index contributed by atoms with van der Waals surface area (Å²) in [7, 11) is 0. The third-order valence-corrected chi connectivity index (χ3v) is 1.87. The first-order chi connectivity index (χ1) is 8.03. The number of hydrogen-bond acceptors (Lipinski definition) is 4. The smallest absolute Gasteiger partial charge is 0.408 e. The summed E-state index contributed by atoms with van der Waals surface area (Å²) in [5, 5.41) is 2.50. The highest BCUT2D eigenvalue weighted by Gasteiger charge is 2.28. The molecule has 1 atom stereocenters. The van der Waals surface area contributed by atoms with Gasteiger partial charge in [-0.2, -0.15) is 0 Å². The molecule has 0 bridgehead atoms. The van der Waals surface area contributed by atoms with Gasteiger partial charge in [0, 0.05) is 0 Å². The number of amides is 1. The largest absolute Gasteiger partial charge is 0.444 e. The lowest BCUT2D eigenvalue weighted by Gasteiger charge is -2.24. The van der Waals surface area contributed by atoms with E-state index in [2.05, 4.69) is 11.9 Å². The van der Waals surface area contributed by atoms with E-state index in [0.717, 1.165) is 0 Å². The van der Waals surface area contributed by atoms with Crippen molar-refractivity contribution in [1.29, 1.82) is 0 Å². The van der Waals surface area contributed by atoms with Crippen molar-refractivity contribution in [2.24, 2.45) is 5.92 Å². The van der Waals surface area contributed by atoms with E-state index in [1.165, 1.54) is 0 Å².